The monoisotopic (exact) mass is 168 g/mol. The fourth-order valence-corrected chi connectivity index (χ4v) is 0.676. The Labute approximate surface area is 67.8 Å². The summed E-state index contributed by atoms with van der Waals surface area (Å²) in [6.45, 7) is 0. The molecule has 0 unspecified atom stereocenters. The highest BCUT2D eigenvalue weighted by Crippen LogP contribution is 2.06. The highest BCUT2D eigenvalue weighted by molar-refractivity contribution is 6.81. The van der Waals surface area contributed by atoms with Crippen molar-refractivity contribution >= 4 is 19.1 Å². The van der Waals surface area contributed by atoms with Gasteiger partial charge in [-0.05, 0) is 12.1 Å². The Hall–Kier alpha value is -1.40. The number of hydrogen-bond donors (Lipinski definition) is 2. The summed E-state index contributed by atoms with van der Waals surface area (Å²) in [6, 6.07) is 2.47. The lowest BCUT2D eigenvalue weighted by molar-refractivity contribution is 0.0999. The molecule has 1 aromatic rings. The molecule has 0 fully saturated rings. The highest BCUT2D eigenvalue weighted by atomic mass is 16.4. The van der Waals surface area contributed by atoms with Gasteiger partial charge in [0.25, 0.3) is 0 Å². The number of aldehydes is 1. The molecule has 0 saturated carbocycles. The van der Waals surface area contributed by atoms with E-state index in [1.807, 2.05) is 0 Å². The number of rotatable bonds is 3. The maximum Gasteiger partial charge on any atom is 0.536 e. The lowest BCUT2D eigenvalue weighted by Gasteiger charge is -1.91. The van der Waals surface area contributed by atoms with Crippen molar-refractivity contribution in [2.75, 3.05) is 0 Å². The second-order valence-corrected chi connectivity index (χ2v) is 2.06. The molecule has 0 aromatic carbocycles. The van der Waals surface area contributed by atoms with E-state index in [1.54, 1.807) is 0 Å². The number of carbonyl (C=O) groups excluding carboxylic acids is 2. The minimum Gasteiger partial charge on any atom is -0.451 e. The summed E-state index contributed by atoms with van der Waals surface area (Å²) in [5.41, 5.74) is -0.969. The van der Waals surface area contributed by atoms with Crippen molar-refractivity contribution < 1.29 is 24.1 Å². The van der Waals surface area contributed by atoms with Gasteiger partial charge in [-0.25, -0.2) is 0 Å². The van der Waals surface area contributed by atoms with Gasteiger partial charge in [-0.15, -0.1) is 0 Å². The summed E-state index contributed by atoms with van der Waals surface area (Å²) < 4.78 is 4.62. The van der Waals surface area contributed by atoms with Crippen LogP contribution in [-0.2, 0) is 0 Å². The summed E-state index contributed by atoms with van der Waals surface area (Å²) in [5.74, 6) is -0.272. The predicted molar refractivity (Wildman–Crippen MR) is 38.6 cm³/mol. The Bertz CT molecular complexity index is 303. The molecule has 1 aromatic heterocycles. The first-order chi connectivity index (χ1) is 5.65. The van der Waals surface area contributed by atoms with Crippen LogP contribution in [-0.4, -0.2) is 29.1 Å². The van der Waals surface area contributed by atoms with Crippen LogP contribution in [0.25, 0.3) is 0 Å². The molecule has 5 nitrogen and oxygen atoms in total. The number of hydrogen-bond acceptors (Lipinski definition) is 5. The zero-order chi connectivity index (χ0) is 9.14. The highest BCUT2D eigenvalue weighted by Gasteiger charge is 2.24. The minimum absolute atomic E-state index is 0.0287. The van der Waals surface area contributed by atoms with Crippen molar-refractivity contribution in [2.24, 2.45) is 0 Å². The lowest BCUT2D eigenvalue weighted by atomic mass is 9.83. The molecule has 0 bridgehead atoms. The first-order valence-electron chi connectivity index (χ1n) is 3.10. The van der Waals surface area contributed by atoms with E-state index in [9.17, 15) is 9.59 Å². The fraction of sp³-hybridized carbons (Fsp3) is 0. The molecule has 0 aliphatic heterocycles. The third kappa shape index (κ3) is 1.61. The van der Waals surface area contributed by atoms with Crippen LogP contribution in [0.4, 0.5) is 0 Å². The van der Waals surface area contributed by atoms with E-state index in [2.05, 4.69) is 4.42 Å². The Balaban J connectivity index is 2.89. The molecular weight excluding hydrogens is 163 g/mol. The molecule has 0 radical (unpaired) electrons. The van der Waals surface area contributed by atoms with Gasteiger partial charge in [-0.3, -0.25) is 9.59 Å². The van der Waals surface area contributed by atoms with E-state index in [0.717, 1.165) is 0 Å². The average Bonchev–Trinajstić information content (AvgIpc) is 2.50. The largest absolute Gasteiger partial charge is 0.536 e. The third-order valence-corrected chi connectivity index (χ3v) is 1.22. The number of carbonyl (C=O) groups is 2. The first kappa shape index (κ1) is 8.70. The van der Waals surface area contributed by atoms with Crippen LogP contribution in [0.3, 0.4) is 0 Å². The smallest absolute Gasteiger partial charge is 0.451 e. The maximum atomic E-state index is 10.8. The predicted octanol–water partition coefficient (Wildman–Crippen LogP) is -0.713. The average molecular weight is 168 g/mol. The van der Waals surface area contributed by atoms with Crippen molar-refractivity contribution in [1.29, 1.82) is 0 Å². The zero-order valence-corrected chi connectivity index (χ0v) is 5.93. The quantitative estimate of drug-likeness (QED) is 0.459. The Morgan fingerprint density at radius 1 is 1.50 bits per heavy atom. The molecule has 0 saturated heterocycles. The van der Waals surface area contributed by atoms with Gasteiger partial charge in [0.05, 0.1) is 0 Å². The van der Waals surface area contributed by atoms with Gasteiger partial charge < -0.3 is 14.5 Å². The van der Waals surface area contributed by atoms with Gasteiger partial charge >= 0.3 is 7.12 Å². The Morgan fingerprint density at radius 2 is 2.17 bits per heavy atom. The summed E-state index contributed by atoms with van der Waals surface area (Å²) in [5, 5.41) is 16.8. The second kappa shape index (κ2) is 3.33. The van der Waals surface area contributed by atoms with Gasteiger partial charge in [0.15, 0.2) is 17.8 Å². The summed E-state index contributed by atoms with van der Waals surface area (Å²) in [4.78, 5) is 20.8. The molecule has 1 rings (SSSR count). The molecule has 2 N–H and O–H groups in total. The summed E-state index contributed by atoms with van der Waals surface area (Å²) >= 11 is 0. The van der Waals surface area contributed by atoms with Gasteiger partial charge in [0, 0.05) is 0 Å². The molecule has 0 amide bonds. The van der Waals surface area contributed by atoms with Gasteiger partial charge in [-0.2, -0.15) is 0 Å². The molecule has 1 heterocycles. The van der Waals surface area contributed by atoms with Crippen LogP contribution in [0, 0.1) is 0 Å². The number of furan rings is 1. The Kier molecular flexibility index (Phi) is 2.42. The maximum absolute atomic E-state index is 10.8. The van der Waals surface area contributed by atoms with Crippen LogP contribution in [0.5, 0.6) is 0 Å². The zero-order valence-electron chi connectivity index (χ0n) is 5.93. The van der Waals surface area contributed by atoms with Crippen molar-refractivity contribution in [1.82, 2.24) is 0 Å². The molecule has 0 aliphatic rings. The van der Waals surface area contributed by atoms with E-state index in [1.165, 1.54) is 12.1 Å². The topological polar surface area (TPSA) is 87.7 Å². The van der Waals surface area contributed by atoms with Gasteiger partial charge in [-0.1, -0.05) is 0 Å². The first-order valence-corrected chi connectivity index (χ1v) is 3.10. The van der Waals surface area contributed by atoms with Crippen molar-refractivity contribution in [3.8, 4) is 0 Å². The standard InChI is InChI=1S/C6H5BO5/c8-3-4-1-2-5(12-4)6(9)7(10)11/h1-3,10-11H. The van der Waals surface area contributed by atoms with Crippen LogP contribution in [0.2, 0.25) is 0 Å². The van der Waals surface area contributed by atoms with E-state index < -0.39 is 12.8 Å². The van der Waals surface area contributed by atoms with Gasteiger partial charge in [0.2, 0.25) is 5.68 Å². The third-order valence-electron chi connectivity index (χ3n) is 1.22. The van der Waals surface area contributed by atoms with E-state index in [-0.39, 0.29) is 11.5 Å². The molecule has 12 heavy (non-hydrogen) atoms. The molecule has 0 spiro atoms. The summed E-state index contributed by atoms with van der Waals surface area (Å²) in [7, 11) is -2.10. The van der Waals surface area contributed by atoms with Crippen molar-refractivity contribution in [2.45, 2.75) is 0 Å². The molecule has 6 heteroatoms. The van der Waals surface area contributed by atoms with Crippen LogP contribution < -0.4 is 0 Å². The van der Waals surface area contributed by atoms with Crippen LogP contribution >= 0.6 is 0 Å². The summed E-state index contributed by atoms with van der Waals surface area (Å²) in [6.07, 6.45) is 0.417. The molecule has 0 aliphatic carbocycles. The lowest BCUT2D eigenvalue weighted by Crippen LogP contribution is -2.24. The Morgan fingerprint density at radius 3 is 2.58 bits per heavy atom. The molecule has 62 valence electrons. The SMILES string of the molecule is O=Cc1ccc(C(=O)B(O)O)o1. The van der Waals surface area contributed by atoms with Crippen molar-refractivity contribution in [3.63, 3.8) is 0 Å². The minimum atomic E-state index is -2.10. The fourth-order valence-electron chi connectivity index (χ4n) is 0.676. The van der Waals surface area contributed by atoms with E-state index >= 15 is 0 Å². The van der Waals surface area contributed by atoms with E-state index in [0.29, 0.717) is 6.29 Å². The second-order valence-electron chi connectivity index (χ2n) is 2.06. The molecule has 0 atom stereocenters. The van der Waals surface area contributed by atoms with Crippen LogP contribution in [0.1, 0.15) is 21.1 Å². The van der Waals surface area contributed by atoms with Gasteiger partial charge in [0.1, 0.15) is 0 Å². The molecular formula is C6H5BO5. The van der Waals surface area contributed by atoms with E-state index in [4.69, 9.17) is 10.0 Å². The van der Waals surface area contributed by atoms with Crippen LogP contribution in [0.15, 0.2) is 16.5 Å². The normalized spacial score (nSPS) is 9.50. The van der Waals surface area contributed by atoms with Crippen molar-refractivity contribution in [3.05, 3.63) is 23.7 Å².